The summed E-state index contributed by atoms with van der Waals surface area (Å²) in [6.45, 7) is 1.18. The Labute approximate surface area is 122 Å². The zero-order valence-corrected chi connectivity index (χ0v) is 12.0. The fourth-order valence-electron chi connectivity index (χ4n) is 2.44. The van der Waals surface area contributed by atoms with Crippen LogP contribution in [0.3, 0.4) is 0 Å². The van der Waals surface area contributed by atoms with Gasteiger partial charge in [-0.05, 0) is 37.6 Å². The van der Waals surface area contributed by atoms with Gasteiger partial charge in [0.25, 0.3) is 0 Å². The number of hydrogen-bond acceptors (Lipinski definition) is 3. The van der Waals surface area contributed by atoms with Gasteiger partial charge in [0.2, 0.25) is 0 Å². The first-order chi connectivity index (χ1) is 9.99. The molecule has 0 fully saturated rings. The molecule has 0 radical (unpaired) electrons. The van der Waals surface area contributed by atoms with Crippen molar-refractivity contribution in [3.63, 3.8) is 0 Å². The third-order valence-corrected chi connectivity index (χ3v) is 3.53. The Morgan fingerprint density at radius 1 is 1.33 bits per heavy atom. The number of ether oxygens (including phenoxy) is 2. The van der Waals surface area contributed by atoms with E-state index in [4.69, 9.17) is 9.47 Å². The van der Waals surface area contributed by atoms with Gasteiger partial charge in [0, 0.05) is 24.4 Å². The van der Waals surface area contributed by atoms with Crippen LogP contribution in [0.25, 0.3) is 0 Å². The second-order valence-electron chi connectivity index (χ2n) is 5.12. The minimum atomic E-state index is -4.06. The first-order valence-corrected chi connectivity index (χ1v) is 7.10. The number of fused-ring (bicyclic) bond motifs is 1. The standard InChI is InChI=1S/C15H20F3NO2/c1-20-11-4-5-14-12(10-11)13(6-9-21-14)19-8-3-2-7-15(16,17)18/h4-5,10,13,19H,2-3,6-9H2,1H3. The summed E-state index contributed by atoms with van der Waals surface area (Å²) in [6, 6.07) is 5.73. The van der Waals surface area contributed by atoms with E-state index in [9.17, 15) is 13.2 Å². The minimum Gasteiger partial charge on any atom is -0.497 e. The summed E-state index contributed by atoms with van der Waals surface area (Å²) >= 11 is 0. The van der Waals surface area contributed by atoms with Crippen molar-refractivity contribution in [2.24, 2.45) is 0 Å². The lowest BCUT2D eigenvalue weighted by atomic mass is 10.00. The summed E-state index contributed by atoms with van der Waals surface area (Å²) in [6.07, 6.45) is -3.30. The van der Waals surface area contributed by atoms with Crippen LogP contribution in [0.15, 0.2) is 18.2 Å². The van der Waals surface area contributed by atoms with E-state index in [1.807, 2.05) is 18.2 Å². The third-order valence-electron chi connectivity index (χ3n) is 3.53. The average molecular weight is 303 g/mol. The number of methoxy groups -OCH3 is 1. The minimum absolute atomic E-state index is 0.106. The van der Waals surface area contributed by atoms with Gasteiger partial charge in [-0.3, -0.25) is 0 Å². The molecule has 6 heteroatoms. The molecule has 1 aromatic carbocycles. The molecule has 1 atom stereocenters. The number of halogens is 3. The van der Waals surface area contributed by atoms with Crippen molar-refractivity contribution >= 4 is 0 Å². The molecule has 2 rings (SSSR count). The van der Waals surface area contributed by atoms with Crippen molar-refractivity contribution in [2.45, 2.75) is 37.9 Å². The van der Waals surface area contributed by atoms with Crippen molar-refractivity contribution in [3.8, 4) is 11.5 Å². The van der Waals surface area contributed by atoms with Gasteiger partial charge in [0.05, 0.1) is 13.7 Å². The number of unbranched alkanes of at least 4 members (excludes halogenated alkanes) is 1. The zero-order chi connectivity index (χ0) is 15.3. The highest BCUT2D eigenvalue weighted by atomic mass is 19.4. The Kier molecular flexibility index (Phi) is 5.33. The number of rotatable bonds is 6. The van der Waals surface area contributed by atoms with Gasteiger partial charge < -0.3 is 14.8 Å². The molecule has 0 saturated carbocycles. The average Bonchev–Trinajstić information content (AvgIpc) is 2.45. The molecule has 0 aromatic heterocycles. The number of alkyl halides is 3. The van der Waals surface area contributed by atoms with Crippen molar-refractivity contribution in [1.82, 2.24) is 5.32 Å². The number of benzene rings is 1. The lowest BCUT2D eigenvalue weighted by Crippen LogP contribution is -2.28. The predicted molar refractivity (Wildman–Crippen MR) is 73.8 cm³/mol. The molecule has 118 valence electrons. The van der Waals surface area contributed by atoms with Crippen molar-refractivity contribution in [1.29, 1.82) is 0 Å². The first-order valence-electron chi connectivity index (χ1n) is 7.10. The van der Waals surface area contributed by atoms with E-state index in [1.54, 1.807) is 7.11 Å². The van der Waals surface area contributed by atoms with E-state index in [2.05, 4.69) is 5.32 Å². The Morgan fingerprint density at radius 2 is 2.14 bits per heavy atom. The normalized spacial score (nSPS) is 18.0. The molecule has 0 aliphatic carbocycles. The lowest BCUT2D eigenvalue weighted by Gasteiger charge is -2.27. The summed E-state index contributed by atoms with van der Waals surface area (Å²) in [7, 11) is 1.60. The van der Waals surface area contributed by atoms with Crippen LogP contribution in [0.2, 0.25) is 0 Å². The van der Waals surface area contributed by atoms with Crippen LogP contribution in [0.4, 0.5) is 13.2 Å². The van der Waals surface area contributed by atoms with Crippen LogP contribution in [0.1, 0.15) is 37.3 Å². The van der Waals surface area contributed by atoms with E-state index in [-0.39, 0.29) is 12.5 Å². The molecule has 1 unspecified atom stereocenters. The van der Waals surface area contributed by atoms with Crippen LogP contribution in [0.5, 0.6) is 11.5 Å². The fraction of sp³-hybridized carbons (Fsp3) is 0.600. The molecule has 21 heavy (non-hydrogen) atoms. The van der Waals surface area contributed by atoms with Crippen LogP contribution < -0.4 is 14.8 Å². The molecule has 3 nitrogen and oxygen atoms in total. The van der Waals surface area contributed by atoms with E-state index in [0.29, 0.717) is 19.6 Å². The van der Waals surface area contributed by atoms with Gasteiger partial charge in [-0.25, -0.2) is 0 Å². The third kappa shape index (κ3) is 4.81. The molecule has 0 spiro atoms. The SMILES string of the molecule is COc1ccc2c(c1)C(NCCCCC(F)(F)F)CCO2. The topological polar surface area (TPSA) is 30.5 Å². The van der Waals surface area contributed by atoms with E-state index < -0.39 is 12.6 Å². The van der Waals surface area contributed by atoms with Gasteiger partial charge >= 0.3 is 6.18 Å². The largest absolute Gasteiger partial charge is 0.497 e. The molecule has 0 saturated heterocycles. The predicted octanol–water partition coefficient (Wildman–Crippen LogP) is 3.84. The van der Waals surface area contributed by atoms with Crippen LogP contribution >= 0.6 is 0 Å². The maximum atomic E-state index is 12.1. The monoisotopic (exact) mass is 303 g/mol. The van der Waals surface area contributed by atoms with E-state index in [1.165, 1.54) is 0 Å². The van der Waals surface area contributed by atoms with Gasteiger partial charge in [0.1, 0.15) is 11.5 Å². The number of nitrogens with one attached hydrogen (secondary N) is 1. The zero-order valence-electron chi connectivity index (χ0n) is 12.0. The van der Waals surface area contributed by atoms with Crippen molar-refractivity contribution < 1.29 is 22.6 Å². The molecule has 0 amide bonds. The molecule has 1 aliphatic heterocycles. The highest BCUT2D eigenvalue weighted by molar-refractivity contribution is 5.43. The Bertz CT molecular complexity index is 463. The fourth-order valence-corrected chi connectivity index (χ4v) is 2.44. The summed E-state index contributed by atoms with van der Waals surface area (Å²) in [5.74, 6) is 1.57. The summed E-state index contributed by atoms with van der Waals surface area (Å²) in [5, 5.41) is 3.31. The summed E-state index contributed by atoms with van der Waals surface area (Å²) < 4.78 is 47.0. The summed E-state index contributed by atoms with van der Waals surface area (Å²) in [4.78, 5) is 0. The van der Waals surface area contributed by atoms with Gasteiger partial charge in [-0.1, -0.05) is 0 Å². The highest BCUT2D eigenvalue weighted by Gasteiger charge is 2.26. The van der Waals surface area contributed by atoms with E-state index in [0.717, 1.165) is 23.5 Å². The van der Waals surface area contributed by atoms with Crippen molar-refractivity contribution in [2.75, 3.05) is 20.3 Å². The van der Waals surface area contributed by atoms with Crippen LogP contribution in [-0.2, 0) is 0 Å². The Morgan fingerprint density at radius 3 is 2.86 bits per heavy atom. The highest BCUT2D eigenvalue weighted by Crippen LogP contribution is 2.34. The van der Waals surface area contributed by atoms with Gasteiger partial charge in [0.15, 0.2) is 0 Å². The van der Waals surface area contributed by atoms with Gasteiger partial charge in [-0.2, -0.15) is 13.2 Å². The molecule has 1 heterocycles. The van der Waals surface area contributed by atoms with E-state index >= 15 is 0 Å². The molecular weight excluding hydrogens is 283 g/mol. The molecule has 1 aliphatic rings. The molecular formula is C15H20F3NO2. The van der Waals surface area contributed by atoms with Gasteiger partial charge in [-0.15, -0.1) is 0 Å². The van der Waals surface area contributed by atoms with Crippen LogP contribution in [0, 0.1) is 0 Å². The first kappa shape index (κ1) is 15.9. The number of hydrogen-bond donors (Lipinski definition) is 1. The summed E-state index contributed by atoms with van der Waals surface area (Å²) in [5.41, 5.74) is 1.01. The van der Waals surface area contributed by atoms with Crippen molar-refractivity contribution in [3.05, 3.63) is 23.8 Å². The maximum absolute atomic E-state index is 12.1. The molecule has 1 aromatic rings. The smallest absolute Gasteiger partial charge is 0.389 e. The Balaban J connectivity index is 1.85. The second kappa shape index (κ2) is 7.02. The lowest BCUT2D eigenvalue weighted by molar-refractivity contribution is -0.135. The molecule has 0 bridgehead atoms. The second-order valence-corrected chi connectivity index (χ2v) is 5.12. The quantitative estimate of drug-likeness (QED) is 0.810. The van der Waals surface area contributed by atoms with Crippen LogP contribution in [-0.4, -0.2) is 26.4 Å². The Hall–Kier alpha value is -1.43. The maximum Gasteiger partial charge on any atom is 0.389 e. The molecule has 1 N–H and O–H groups in total.